The number of carboxylic acids is 1. The van der Waals surface area contributed by atoms with Gasteiger partial charge in [-0.15, -0.1) is 0 Å². The Morgan fingerprint density at radius 1 is 1.19 bits per heavy atom. The molecule has 1 aromatic heterocycles. The first-order valence-electron chi connectivity index (χ1n) is 10.7. The molecule has 0 amide bonds. The van der Waals surface area contributed by atoms with E-state index in [9.17, 15) is 26.4 Å². The number of rotatable bonds is 7. The van der Waals surface area contributed by atoms with Crippen LogP contribution in [0.4, 0.5) is 18.9 Å². The fourth-order valence-electron chi connectivity index (χ4n) is 3.88. The Kier molecular flexibility index (Phi) is 6.81. The fourth-order valence-corrected chi connectivity index (χ4v) is 5.42. The van der Waals surface area contributed by atoms with Crippen LogP contribution in [-0.4, -0.2) is 44.2 Å². The number of hydrogen-bond acceptors (Lipinski definition) is 6. The lowest BCUT2D eigenvalue weighted by Crippen LogP contribution is -2.43. The van der Waals surface area contributed by atoms with E-state index in [-0.39, 0.29) is 30.8 Å². The quantitative estimate of drug-likeness (QED) is 0.484. The molecule has 0 saturated carbocycles. The number of hydrogen-bond donors (Lipinski definition) is 1. The van der Waals surface area contributed by atoms with Gasteiger partial charge in [-0.1, -0.05) is 12.1 Å². The summed E-state index contributed by atoms with van der Waals surface area (Å²) in [5, 5.41) is 9.05. The number of alkyl halides is 3. The maximum atomic E-state index is 13.6. The van der Waals surface area contributed by atoms with E-state index >= 15 is 0 Å². The van der Waals surface area contributed by atoms with Gasteiger partial charge in [0.1, 0.15) is 11.9 Å². The van der Waals surface area contributed by atoms with Crippen LogP contribution >= 0.6 is 0 Å². The van der Waals surface area contributed by atoms with Crippen LogP contribution in [0.5, 0.6) is 11.6 Å². The summed E-state index contributed by atoms with van der Waals surface area (Å²) in [7, 11) is -3.05. The van der Waals surface area contributed by atoms with Crippen molar-refractivity contribution in [3.8, 4) is 22.8 Å². The zero-order valence-corrected chi connectivity index (χ0v) is 19.7. The molecule has 0 spiro atoms. The molecule has 36 heavy (non-hydrogen) atoms. The Morgan fingerprint density at radius 2 is 1.97 bits per heavy atom. The van der Waals surface area contributed by atoms with E-state index in [0.29, 0.717) is 23.1 Å². The molecule has 2 aromatic carbocycles. The molecule has 4 rings (SSSR count). The van der Waals surface area contributed by atoms with Gasteiger partial charge in [-0.3, -0.25) is 9.10 Å². The van der Waals surface area contributed by atoms with E-state index in [0.717, 1.165) is 22.5 Å². The number of pyridine rings is 1. The standard InChI is InChI=1S/C24H21F3N2O6S/c1-34-23-19(6-3-11-28-23)15-7-9-21-20(12-15)29(14-17(35-21)8-10-22(30)31)36(32,33)18-5-2-4-16(13-18)24(25,26)27/h2-7,9,11-13,17H,8,10,14H2,1H3,(H,30,31). The third kappa shape index (κ3) is 5.08. The summed E-state index contributed by atoms with van der Waals surface area (Å²) in [4.78, 5) is 14.7. The van der Waals surface area contributed by atoms with E-state index in [1.54, 1.807) is 18.2 Å². The van der Waals surface area contributed by atoms with Gasteiger partial charge >= 0.3 is 12.1 Å². The van der Waals surface area contributed by atoms with Crippen molar-refractivity contribution in [2.75, 3.05) is 18.0 Å². The maximum Gasteiger partial charge on any atom is 0.416 e. The lowest BCUT2D eigenvalue weighted by atomic mass is 10.0. The number of sulfonamides is 1. The van der Waals surface area contributed by atoms with Gasteiger partial charge in [-0.2, -0.15) is 13.2 Å². The van der Waals surface area contributed by atoms with E-state index in [4.69, 9.17) is 14.6 Å². The van der Waals surface area contributed by atoms with Crippen molar-refractivity contribution in [3.05, 3.63) is 66.4 Å². The van der Waals surface area contributed by atoms with Crippen molar-refractivity contribution in [3.63, 3.8) is 0 Å². The van der Waals surface area contributed by atoms with Crippen molar-refractivity contribution in [2.45, 2.75) is 30.0 Å². The van der Waals surface area contributed by atoms with Crippen LogP contribution < -0.4 is 13.8 Å². The highest BCUT2D eigenvalue weighted by Crippen LogP contribution is 2.42. The molecule has 0 bridgehead atoms. The summed E-state index contributed by atoms with van der Waals surface area (Å²) in [5.41, 5.74) is 0.0958. The number of aromatic nitrogens is 1. The second-order valence-corrected chi connectivity index (χ2v) is 9.84. The molecule has 1 aliphatic rings. The van der Waals surface area contributed by atoms with Gasteiger partial charge < -0.3 is 14.6 Å². The highest BCUT2D eigenvalue weighted by Gasteiger charge is 2.37. The van der Waals surface area contributed by atoms with Crippen molar-refractivity contribution in [1.29, 1.82) is 0 Å². The monoisotopic (exact) mass is 522 g/mol. The van der Waals surface area contributed by atoms with Crippen LogP contribution in [-0.2, 0) is 21.0 Å². The number of nitrogens with zero attached hydrogens (tertiary/aromatic N) is 2. The van der Waals surface area contributed by atoms with Crippen LogP contribution in [0.15, 0.2) is 65.7 Å². The zero-order chi connectivity index (χ0) is 26.1. The molecule has 1 N–H and O–H groups in total. The molecule has 0 saturated heterocycles. The highest BCUT2D eigenvalue weighted by atomic mass is 32.2. The molecule has 2 heterocycles. The predicted octanol–water partition coefficient (Wildman–Crippen LogP) is 4.60. The molecule has 190 valence electrons. The van der Waals surface area contributed by atoms with E-state index in [1.807, 2.05) is 0 Å². The molecule has 1 unspecified atom stereocenters. The molecule has 3 aromatic rings. The summed E-state index contributed by atoms with van der Waals surface area (Å²) in [6, 6.07) is 11.6. The Bertz CT molecular complexity index is 1390. The number of aliphatic carboxylic acids is 1. The van der Waals surface area contributed by atoms with Crippen molar-refractivity contribution in [1.82, 2.24) is 4.98 Å². The van der Waals surface area contributed by atoms with Crippen LogP contribution in [0.1, 0.15) is 18.4 Å². The Morgan fingerprint density at radius 3 is 2.67 bits per heavy atom. The number of fused-ring (bicyclic) bond motifs is 1. The molecule has 0 fully saturated rings. The largest absolute Gasteiger partial charge is 0.486 e. The first-order chi connectivity index (χ1) is 17.0. The molecule has 1 atom stereocenters. The Balaban J connectivity index is 1.83. The van der Waals surface area contributed by atoms with Crippen LogP contribution in [0.3, 0.4) is 0 Å². The van der Waals surface area contributed by atoms with Gasteiger partial charge in [0.2, 0.25) is 5.88 Å². The van der Waals surface area contributed by atoms with Gasteiger partial charge in [-0.25, -0.2) is 13.4 Å². The summed E-state index contributed by atoms with van der Waals surface area (Å²) < 4.78 is 79.2. The highest BCUT2D eigenvalue weighted by molar-refractivity contribution is 7.92. The summed E-state index contributed by atoms with van der Waals surface area (Å²) in [6.07, 6.45) is -4.30. The number of halogens is 3. The van der Waals surface area contributed by atoms with Gasteiger partial charge in [0, 0.05) is 18.2 Å². The minimum absolute atomic E-state index is 0.00155. The molecule has 12 heteroatoms. The Labute approximate surface area is 205 Å². The summed E-state index contributed by atoms with van der Waals surface area (Å²) in [5.74, 6) is -0.643. The molecular formula is C24H21F3N2O6S. The normalized spacial score (nSPS) is 15.7. The molecule has 1 aliphatic heterocycles. The SMILES string of the molecule is COc1ncccc1-c1ccc2c(c1)N(S(=O)(=O)c1cccc(C(F)(F)F)c1)CC(CCC(=O)O)O2. The van der Waals surface area contributed by atoms with E-state index in [2.05, 4.69) is 4.98 Å². The lowest BCUT2D eigenvalue weighted by molar-refractivity contribution is -0.138. The average Bonchev–Trinajstić information content (AvgIpc) is 2.86. The fraction of sp³-hybridized carbons (Fsp3) is 0.250. The Hall–Kier alpha value is -3.80. The zero-order valence-electron chi connectivity index (χ0n) is 18.9. The van der Waals surface area contributed by atoms with Crippen LogP contribution in [0.25, 0.3) is 11.1 Å². The number of anilines is 1. The number of benzene rings is 2. The maximum absolute atomic E-state index is 13.6. The summed E-state index contributed by atoms with van der Waals surface area (Å²) >= 11 is 0. The smallest absolute Gasteiger partial charge is 0.416 e. The number of methoxy groups -OCH3 is 1. The lowest BCUT2D eigenvalue weighted by Gasteiger charge is -2.36. The molecular weight excluding hydrogens is 501 g/mol. The first-order valence-corrected chi connectivity index (χ1v) is 12.2. The molecule has 8 nitrogen and oxygen atoms in total. The van der Waals surface area contributed by atoms with E-state index < -0.39 is 38.7 Å². The van der Waals surface area contributed by atoms with E-state index in [1.165, 1.54) is 25.4 Å². The van der Waals surface area contributed by atoms with Gasteiger partial charge in [-0.05, 0) is 54.4 Å². The second-order valence-electron chi connectivity index (χ2n) is 7.98. The minimum Gasteiger partial charge on any atom is -0.486 e. The molecule has 0 radical (unpaired) electrons. The van der Waals surface area contributed by atoms with Crippen LogP contribution in [0.2, 0.25) is 0 Å². The van der Waals surface area contributed by atoms with Gasteiger partial charge in [0.05, 0.1) is 29.8 Å². The van der Waals surface area contributed by atoms with Crippen LogP contribution in [0, 0.1) is 0 Å². The number of carbonyl (C=O) groups is 1. The second kappa shape index (κ2) is 9.69. The van der Waals surface area contributed by atoms with Crippen molar-refractivity contribution >= 4 is 21.7 Å². The summed E-state index contributed by atoms with van der Waals surface area (Å²) in [6.45, 7) is -0.285. The molecule has 0 aliphatic carbocycles. The topological polar surface area (TPSA) is 106 Å². The first kappa shape index (κ1) is 25.3. The van der Waals surface area contributed by atoms with Gasteiger partial charge in [0.15, 0.2) is 0 Å². The number of ether oxygens (including phenoxy) is 2. The minimum atomic E-state index is -4.73. The van der Waals surface area contributed by atoms with Gasteiger partial charge in [0.25, 0.3) is 10.0 Å². The third-order valence-electron chi connectivity index (χ3n) is 5.60. The number of carboxylic acid groups (broad SMARTS) is 1. The predicted molar refractivity (Wildman–Crippen MR) is 123 cm³/mol. The van der Waals surface area contributed by atoms with Crippen molar-refractivity contribution < 1.29 is 41.0 Å². The van der Waals surface area contributed by atoms with Crippen molar-refractivity contribution in [2.24, 2.45) is 0 Å². The third-order valence-corrected chi connectivity index (χ3v) is 7.37. The average molecular weight is 523 g/mol.